The number of hydrogen-bond acceptors (Lipinski definition) is 7. The van der Waals surface area contributed by atoms with E-state index in [1.807, 2.05) is 42.6 Å². The van der Waals surface area contributed by atoms with Crippen molar-refractivity contribution < 1.29 is 18.9 Å². The van der Waals surface area contributed by atoms with Crippen LogP contribution in [0.1, 0.15) is 10.6 Å². The molecular weight excluding hydrogens is 376 g/mol. The highest BCUT2D eigenvalue weighted by atomic mass is 32.1. The van der Waals surface area contributed by atoms with Gasteiger partial charge in [-0.1, -0.05) is 18.2 Å². The van der Waals surface area contributed by atoms with Gasteiger partial charge in [-0.25, -0.2) is 4.98 Å². The van der Waals surface area contributed by atoms with Crippen LogP contribution in [-0.2, 0) is 13.1 Å². The molecule has 0 saturated carbocycles. The first-order valence-corrected chi connectivity index (χ1v) is 9.59. The lowest BCUT2D eigenvalue weighted by molar-refractivity contribution is 0.349. The summed E-state index contributed by atoms with van der Waals surface area (Å²) in [5.41, 5.74) is 2.04. The minimum Gasteiger partial charge on any atom is -0.496 e. The third kappa shape index (κ3) is 4.37. The molecule has 0 saturated heterocycles. The molecule has 3 aromatic rings. The van der Waals surface area contributed by atoms with Crippen LogP contribution in [0.25, 0.3) is 10.4 Å². The lowest BCUT2D eigenvalue weighted by Gasteiger charge is -2.13. The van der Waals surface area contributed by atoms with Crippen LogP contribution in [0, 0.1) is 0 Å². The van der Waals surface area contributed by atoms with Crippen molar-refractivity contribution in [2.75, 3.05) is 28.4 Å². The zero-order chi connectivity index (χ0) is 19.9. The minimum absolute atomic E-state index is 0.631. The monoisotopic (exact) mass is 400 g/mol. The molecule has 1 N–H and O–H groups in total. The lowest BCUT2D eigenvalue weighted by Crippen LogP contribution is -2.13. The highest BCUT2D eigenvalue weighted by Crippen LogP contribution is 2.41. The zero-order valence-corrected chi connectivity index (χ0v) is 17.3. The molecule has 0 fully saturated rings. The van der Waals surface area contributed by atoms with Crippen LogP contribution in [0.5, 0.6) is 23.0 Å². The predicted molar refractivity (Wildman–Crippen MR) is 111 cm³/mol. The Morgan fingerprint density at radius 2 is 1.50 bits per heavy atom. The maximum atomic E-state index is 5.53. The molecule has 0 radical (unpaired) electrons. The summed E-state index contributed by atoms with van der Waals surface area (Å²) in [6.07, 6.45) is 1.86. The normalized spacial score (nSPS) is 10.6. The van der Waals surface area contributed by atoms with Gasteiger partial charge in [0.1, 0.15) is 16.5 Å². The number of rotatable bonds is 9. The van der Waals surface area contributed by atoms with Crippen LogP contribution in [0.3, 0.4) is 0 Å². The van der Waals surface area contributed by atoms with E-state index in [9.17, 15) is 0 Å². The first kappa shape index (κ1) is 20.0. The fourth-order valence-electron chi connectivity index (χ4n) is 2.89. The summed E-state index contributed by atoms with van der Waals surface area (Å²) < 4.78 is 21.7. The highest BCUT2D eigenvalue weighted by Gasteiger charge is 2.15. The van der Waals surface area contributed by atoms with Gasteiger partial charge in [-0.05, 0) is 12.1 Å². The summed E-state index contributed by atoms with van der Waals surface area (Å²) in [6.45, 7) is 1.37. The van der Waals surface area contributed by atoms with Crippen molar-refractivity contribution in [2.45, 2.75) is 13.1 Å². The molecule has 1 aromatic heterocycles. The molecular formula is C21H24N2O4S. The van der Waals surface area contributed by atoms with Crippen LogP contribution in [-0.4, -0.2) is 33.4 Å². The van der Waals surface area contributed by atoms with E-state index in [4.69, 9.17) is 18.9 Å². The minimum atomic E-state index is 0.631. The summed E-state index contributed by atoms with van der Waals surface area (Å²) in [6, 6.07) is 11.7. The zero-order valence-electron chi connectivity index (χ0n) is 16.4. The average Bonchev–Trinajstić information content (AvgIpc) is 3.21. The molecule has 2 aromatic carbocycles. The van der Waals surface area contributed by atoms with E-state index >= 15 is 0 Å². The van der Waals surface area contributed by atoms with E-state index in [-0.39, 0.29) is 0 Å². The standard InChI is InChI=1S/C21H24N2O4S/c1-24-16-8-6-5-7-14(16)11-22-13-21-23-12-20(28-21)15-9-18(26-3)19(27-4)10-17(15)25-2/h5-10,12,22H,11,13H2,1-4H3. The molecule has 0 aliphatic heterocycles. The molecule has 7 heteroatoms. The van der Waals surface area contributed by atoms with Gasteiger partial charge in [0.2, 0.25) is 0 Å². The molecule has 28 heavy (non-hydrogen) atoms. The largest absolute Gasteiger partial charge is 0.496 e. The van der Waals surface area contributed by atoms with Crippen LogP contribution in [0.2, 0.25) is 0 Å². The molecule has 3 rings (SSSR count). The second-order valence-corrected chi connectivity index (χ2v) is 7.06. The van der Waals surface area contributed by atoms with E-state index in [2.05, 4.69) is 10.3 Å². The summed E-state index contributed by atoms with van der Waals surface area (Å²) >= 11 is 1.61. The number of hydrogen-bond donors (Lipinski definition) is 1. The second-order valence-electron chi connectivity index (χ2n) is 5.94. The van der Waals surface area contributed by atoms with Gasteiger partial charge in [-0.2, -0.15) is 0 Å². The Kier molecular flexibility index (Phi) is 6.73. The summed E-state index contributed by atoms with van der Waals surface area (Å²) in [4.78, 5) is 5.54. The van der Waals surface area contributed by atoms with Crippen molar-refractivity contribution in [2.24, 2.45) is 0 Å². The number of thiazole rings is 1. The van der Waals surface area contributed by atoms with E-state index in [1.165, 1.54) is 0 Å². The Morgan fingerprint density at radius 1 is 0.821 bits per heavy atom. The van der Waals surface area contributed by atoms with Gasteiger partial charge in [0.05, 0.1) is 33.3 Å². The van der Waals surface area contributed by atoms with Crippen LogP contribution in [0.15, 0.2) is 42.6 Å². The van der Waals surface area contributed by atoms with Crippen molar-refractivity contribution in [3.05, 3.63) is 53.2 Å². The number of nitrogens with one attached hydrogen (secondary N) is 1. The molecule has 0 bridgehead atoms. The summed E-state index contributed by atoms with van der Waals surface area (Å²) in [5, 5.41) is 4.41. The van der Waals surface area contributed by atoms with Gasteiger partial charge in [0.15, 0.2) is 11.5 Å². The van der Waals surface area contributed by atoms with Gasteiger partial charge in [0.25, 0.3) is 0 Å². The van der Waals surface area contributed by atoms with E-state index in [0.717, 1.165) is 32.5 Å². The quantitative estimate of drug-likeness (QED) is 0.583. The van der Waals surface area contributed by atoms with Crippen molar-refractivity contribution in [3.8, 4) is 33.4 Å². The molecule has 6 nitrogen and oxygen atoms in total. The average molecular weight is 401 g/mol. The third-order valence-electron chi connectivity index (χ3n) is 4.31. The van der Waals surface area contributed by atoms with Crippen LogP contribution >= 0.6 is 11.3 Å². The maximum absolute atomic E-state index is 5.53. The van der Waals surface area contributed by atoms with Gasteiger partial charge in [-0.15, -0.1) is 11.3 Å². The molecule has 0 aliphatic carbocycles. The van der Waals surface area contributed by atoms with E-state index in [0.29, 0.717) is 24.6 Å². The van der Waals surface area contributed by atoms with Gasteiger partial charge in [-0.3, -0.25) is 0 Å². The first-order chi connectivity index (χ1) is 13.7. The predicted octanol–water partition coefficient (Wildman–Crippen LogP) is 4.13. The highest BCUT2D eigenvalue weighted by molar-refractivity contribution is 7.15. The Balaban J connectivity index is 1.73. The maximum Gasteiger partial charge on any atom is 0.164 e. The van der Waals surface area contributed by atoms with E-state index < -0.39 is 0 Å². The summed E-state index contributed by atoms with van der Waals surface area (Å²) in [5.74, 6) is 2.88. The summed E-state index contributed by atoms with van der Waals surface area (Å²) in [7, 11) is 6.55. The molecule has 0 unspecified atom stereocenters. The van der Waals surface area contributed by atoms with Gasteiger partial charge < -0.3 is 24.3 Å². The number of nitrogens with zero attached hydrogens (tertiary/aromatic N) is 1. The third-order valence-corrected chi connectivity index (χ3v) is 5.34. The van der Waals surface area contributed by atoms with Crippen LogP contribution in [0.4, 0.5) is 0 Å². The number of aromatic nitrogens is 1. The molecule has 0 aliphatic rings. The van der Waals surface area contributed by atoms with Crippen molar-refractivity contribution in [1.29, 1.82) is 0 Å². The number of methoxy groups -OCH3 is 4. The van der Waals surface area contributed by atoms with Crippen molar-refractivity contribution in [1.82, 2.24) is 10.3 Å². The van der Waals surface area contributed by atoms with Crippen molar-refractivity contribution >= 4 is 11.3 Å². The van der Waals surface area contributed by atoms with E-state index in [1.54, 1.807) is 39.8 Å². The van der Waals surface area contributed by atoms with Crippen molar-refractivity contribution in [3.63, 3.8) is 0 Å². The number of ether oxygens (including phenoxy) is 4. The number of benzene rings is 2. The van der Waals surface area contributed by atoms with Gasteiger partial charge >= 0.3 is 0 Å². The van der Waals surface area contributed by atoms with Crippen LogP contribution < -0.4 is 24.3 Å². The topological polar surface area (TPSA) is 61.8 Å². The molecule has 0 spiro atoms. The molecule has 0 amide bonds. The Morgan fingerprint density at radius 3 is 2.21 bits per heavy atom. The fraction of sp³-hybridized carbons (Fsp3) is 0.286. The Bertz CT molecular complexity index is 927. The Labute approximate surface area is 169 Å². The smallest absolute Gasteiger partial charge is 0.164 e. The SMILES string of the molecule is COc1ccccc1CNCc1ncc(-c2cc(OC)c(OC)cc2OC)s1. The Hall–Kier alpha value is -2.77. The molecule has 148 valence electrons. The first-order valence-electron chi connectivity index (χ1n) is 8.77. The fourth-order valence-corrected chi connectivity index (χ4v) is 3.80. The van der Waals surface area contributed by atoms with Gasteiger partial charge in [0, 0.05) is 36.5 Å². The molecule has 0 atom stereocenters. The molecule has 1 heterocycles. The number of para-hydroxylation sites is 1. The second kappa shape index (κ2) is 9.43. The lowest BCUT2D eigenvalue weighted by atomic mass is 10.1.